The fourth-order valence-electron chi connectivity index (χ4n) is 1.60. The highest BCUT2D eigenvalue weighted by atomic mass is 32.1. The normalized spacial score (nSPS) is 12.9. The second-order valence-electron chi connectivity index (χ2n) is 4.02. The lowest BCUT2D eigenvalue weighted by molar-refractivity contribution is 0.0703. The fourth-order valence-corrected chi connectivity index (χ4v) is 2.32. The third-order valence-corrected chi connectivity index (χ3v) is 3.56. The molecule has 7 heteroatoms. The highest BCUT2D eigenvalue weighted by Crippen LogP contribution is 2.17. The Balaban J connectivity index is 2.58. The fraction of sp³-hybridized carbons (Fsp3) is 0.818. The monoisotopic (exact) mass is 274 g/mol. The molecule has 1 unspecified atom stereocenters. The van der Waals surface area contributed by atoms with E-state index in [0.29, 0.717) is 19.3 Å². The van der Waals surface area contributed by atoms with Gasteiger partial charge in [0.05, 0.1) is 19.8 Å². The zero-order chi connectivity index (χ0) is 13.4. The smallest absolute Gasteiger partial charge is 0.205 e. The van der Waals surface area contributed by atoms with Gasteiger partial charge in [-0.1, -0.05) is 11.3 Å². The number of nitrogens with one attached hydrogen (secondary N) is 1. The molecule has 0 aliphatic heterocycles. The quantitative estimate of drug-likeness (QED) is 0.727. The van der Waals surface area contributed by atoms with E-state index >= 15 is 0 Å². The summed E-state index contributed by atoms with van der Waals surface area (Å²) in [6.45, 7) is 5.16. The van der Waals surface area contributed by atoms with Gasteiger partial charge in [0.2, 0.25) is 5.13 Å². The Bertz CT molecular complexity index is 335. The van der Waals surface area contributed by atoms with E-state index in [-0.39, 0.29) is 0 Å². The van der Waals surface area contributed by atoms with Gasteiger partial charge in [-0.15, -0.1) is 10.2 Å². The van der Waals surface area contributed by atoms with Crippen LogP contribution in [0.2, 0.25) is 0 Å². The van der Waals surface area contributed by atoms with Crippen molar-refractivity contribution in [2.24, 2.45) is 0 Å². The van der Waals surface area contributed by atoms with Crippen molar-refractivity contribution in [1.29, 1.82) is 0 Å². The summed E-state index contributed by atoms with van der Waals surface area (Å²) in [5, 5.41) is 13.0. The maximum Gasteiger partial charge on any atom is 0.205 e. The molecule has 0 saturated heterocycles. The summed E-state index contributed by atoms with van der Waals surface area (Å²) in [4.78, 5) is 2.28. The molecular formula is C11H22N4O2S. The standard InChI is InChI=1S/C11H22N4O2S/c1-9(8-17-4)15(5-6-16-3)7-10-13-14-11(12-2)18-10/h9H,5-8H2,1-4H3,(H,12,14). The molecule has 0 fully saturated rings. The Kier molecular flexibility index (Phi) is 7.11. The maximum absolute atomic E-state index is 5.20. The highest BCUT2D eigenvalue weighted by Gasteiger charge is 2.16. The second-order valence-corrected chi connectivity index (χ2v) is 5.08. The van der Waals surface area contributed by atoms with Crippen molar-refractivity contribution in [3.63, 3.8) is 0 Å². The summed E-state index contributed by atoms with van der Waals surface area (Å²) in [6, 6.07) is 0.326. The first-order valence-corrected chi connectivity index (χ1v) is 6.75. The summed E-state index contributed by atoms with van der Waals surface area (Å²) in [5.41, 5.74) is 0. The van der Waals surface area contributed by atoms with Crippen molar-refractivity contribution in [3.05, 3.63) is 5.01 Å². The number of rotatable bonds is 9. The highest BCUT2D eigenvalue weighted by molar-refractivity contribution is 7.15. The molecule has 0 aliphatic rings. The van der Waals surface area contributed by atoms with Crippen LogP contribution in [-0.2, 0) is 16.0 Å². The molecule has 1 N–H and O–H groups in total. The largest absolute Gasteiger partial charge is 0.383 e. The van der Waals surface area contributed by atoms with Crippen LogP contribution in [0.4, 0.5) is 5.13 Å². The van der Waals surface area contributed by atoms with Gasteiger partial charge in [0.1, 0.15) is 5.01 Å². The van der Waals surface area contributed by atoms with Crippen molar-refractivity contribution < 1.29 is 9.47 Å². The van der Waals surface area contributed by atoms with Gasteiger partial charge in [-0.25, -0.2) is 0 Å². The number of aromatic nitrogens is 2. The predicted molar refractivity (Wildman–Crippen MR) is 73.1 cm³/mol. The summed E-state index contributed by atoms with van der Waals surface area (Å²) in [7, 11) is 5.28. The lowest BCUT2D eigenvalue weighted by atomic mass is 10.3. The van der Waals surface area contributed by atoms with E-state index in [2.05, 4.69) is 27.3 Å². The number of hydrogen-bond acceptors (Lipinski definition) is 7. The van der Waals surface area contributed by atoms with Gasteiger partial charge in [0.25, 0.3) is 0 Å². The molecule has 0 aliphatic carbocycles. The Hall–Kier alpha value is -0.760. The molecule has 1 aromatic rings. The van der Waals surface area contributed by atoms with E-state index in [1.807, 2.05) is 7.05 Å². The van der Waals surface area contributed by atoms with Crippen LogP contribution >= 0.6 is 11.3 Å². The number of methoxy groups -OCH3 is 2. The van der Waals surface area contributed by atoms with E-state index in [1.54, 1.807) is 25.6 Å². The van der Waals surface area contributed by atoms with Crippen molar-refractivity contribution in [1.82, 2.24) is 15.1 Å². The zero-order valence-corrected chi connectivity index (χ0v) is 12.3. The topological polar surface area (TPSA) is 59.5 Å². The van der Waals surface area contributed by atoms with E-state index in [0.717, 1.165) is 23.2 Å². The minimum absolute atomic E-state index is 0.326. The van der Waals surface area contributed by atoms with Crippen molar-refractivity contribution in [2.45, 2.75) is 19.5 Å². The molecule has 6 nitrogen and oxygen atoms in total. The minimum atomic E-state index is 0.326. The van der Waals surface area contributed by atoms with Gasteiger partial charge < -0.3 is 14.8 Å². The minimum Gasteiger partial charge on any atom is -0.383 e. The van der Waals surface area contributed by atoms with E-state index in [9.17, 15) is 0 Å². The lowest BCUT2D eigenvalue weighted by Crippen LogP contribution is -2.38. The van der Waals surface area contributed by atoms with Gasteiger partial charge in [-0.3, -0.25) is 4.90 Å². The first-order valence-electron chi connectivity index (χ1n) is 5.93. The van der Waals surface area contributed by atoms with Crippen molar-refractivity contribution in [3.8, 4) is 0 Å². The zero-order valence-electron chi connectivity index (χ0n) is 11.5. The van der Waals surface area contributed by atoms with Gasteiger partial charge in [-0.05, 0) is 6.92 Å². The van der Waals surface area contributed by atoms with Crippen LogP contribution in [0.5, 0.6) is 0 Å². The molecular weight excluding hydrogens is 252 g/mol. The van der Waals surface area contributed by atoms with Crippen LogP contribution in [0.25, 0.3) is 0 Å². The van der Waals surface area contributed by atoms with Crippen LogP contribution in [0.15, 0.2) is 0 Å². The van der Waals surface area contributed by atoms with E-state index < -0.39 is 0 Å². The maximum atomic E-state index is 5.20. The van der Waals surface area contributed by atoms with E-state index in [1.165, 1.54) is 0 Å². The SMILES string of the molecule is CNc1nnc(CN(CCOC)C(C)COC)s1. The molecule has 104 valence electrons. The summed E-state index contributed by atoms with van der Waals surface area (Å²) >= 11 is 1.57. The Morgan fingerprint density at radius 3 is 2.67 bits per heavy atom. The molecule has 0 aromatic carbocycles. The molecule has 18 heavy (non-hydrogen) atoms. The molecule has 0 amide bonds. The van der Waals surface area contributed by atoms with Crippen molar-refractivity contribution in [2.75, 3.05) is 46.3 Å². The second kappa shape index (κ2) is 8.36. The van der Waals surface area contributed by atoms with Crippen LogP contribution < -0.4 is 5.32 Å². The van der Waals surface area contributed by atoms with Gasteiger partial charge in [-0.2, -0.15) is 0 Å². The van der Waals surface area contributed by atoms with Crippen LogP contribution in [-0.4, -0.2) is 62.2 Å². The van der Waals surface area contributed by atoms with Gasteiger partial charge in [0, 0.05) is 33.9 Å². The van der Waals surface area contributed by atoms with Crippen LogP contribution in [0.3, 0.4) is 0 Å². The number of anilines is 1. The number of nitrogens with zero attached hydrogens (tertiary/aromatic N) is 3. The van der Waals surface area contributed by atoms with Gasteiger partial charge >= 0.3 is 0 Å². The Labute approximate surface area is 112 Å². The predicted octanol–water partition coefficient (Wildman–Crippen LogP) is 1.06. The molecule has 1 aromatic heterocycles. The Morgan fingerprint density at radius 2 is 2.11 bits per heavy atom. The molecule has 0 spiro atoms. The lowest BCUT2D eigenvalue weighted by Gasteiger charge is -2.27. The summed E-state index contributed by atoms with van der Waals surface area (Å²) in [6.07, 6.45) is 0. The molecule has 0 saturated carbocycles. The third kappa shape index (κ3) is 4.85. The number of hydrogen-bond donors (Lipinski definition) is 1. The number of ether oxygens (including phenoxy) is 2. The molecule has 0 radical (unpaired) electrons. The average Bonchev–Trinajstić information content (AvgIpc) is 2.82. The Morgan fingerprint density at radius 1 is 1.33 bits per heavy atom. The third-order valence-electron chi connectivity index (χ3n) is 2.63. The molecule has 0 bridgehead atoms. The molecule has 1 heterocycles. The summed E-state index contributed by atoms with van der Waals surface area (Å²) < 4.78 is 10.3. The van der Waals surface area contributed by atoms with Crippen molar-refractivity contribution >= 4 is 16.5 Å². The molecule has 1 atom stereocenters. The average molecular weight is 274 g/mol. The first-order chi connectivity index (χ1) is 8.71. The summed E-state index contributed by atoms with van der Waals surface area (Å²) in [5.74, 6) is 0. The van der Waals surface area contributed by atoms with Crippen LogP contribution in [0.1, 0.15) is 11.9 Å². The van der Waals surface area contributed by atoms with Gasteiger partial charge in [0.15, 0.2) is 0 Å². The van der Waals surface area contributed by atoms with Crippen LogP contribution in [0, 0.1) is 0 Å². The molecule has 1 rings (SSSR count). The first kappa shape index (κ1) is 15.3. The van der Waals surface area contributed by atoms with E-state index in [4.69, 9.17) is 9.47 Å².